The number of aliphatic hydroxyl groups is 5. The number of fused-ring (bicyclic) bond motifs is 3. The average Bonchev–Trinajstić information content (AvgIpc) is 3.37. The second-order valence-corrected chi connectivity index (χ2v) is 22.2. The molecule has 0 aromatic carbocycles. The van der Waals surface area contributed by atoms with Crippen molar-refractivity contribution >= 4 is 35.2 Å². The van der Waals surface area contributed by atoms with Crippen molar-refractivity contribution in [1.82, 2.24) is 4.90 Å². The number of piperidine rings is 1. The molecule has 4 aliphatic rings. The molecule has 18 heteroatoms. The van der Waals surface area contributed by atoms with Crippen LogP contribution in [0.3, 0.4) is 0 Å². The Kier molecular flexibility index (Phi) is 23.6. The summed E-state index contributed by atoms with van der Waals surface area (Å²) in [6.45, 7) is 12.0. The van der Waals surface area contributed by atoms with Gasteiger partial charge < -0.3 is 58.9 Å². The van der Waals surface area contributed by atoms with E-state index in [1.807, 2.05) is 19.9 Å². The van der Waals surface area contributed by atoms with Crippen LogP contribution in [0.15, 0.2) is 47.6 Å². The topological polar surface area (TPSA) is 262 Å². The monoisotopic (exact) mass is 1050 g/mol. The lowest BCUT2D eigenvalue weighted by Crippen LogP contribution is -2.61. The number of hydrogen-bond acceptors (Lipinski definition) is 17. The van der Waals surface area contributed by atoms with Gasteiger partial charge in [0, 0.05) is 58.5 Å². The zero-order chi connectivity index (χ0) is 55.3. The van der Waals surface area contributed by atoms with Crippen LogP contribution in [0.5, 0.6) is 0 Å². The molecule has 3 fully saturated rings. The first-order chi connectivity index (χ1) is 34.8. The van der Waals surface area contributed by atoms with Gasteiger partial charge in [0.2, 0.25) is 5.79 Å². The fourth-order valence-corrected chi connectivity index (χ4v) is 10.7. The Morgan fingerprint density at radius 3 is 2.20 bits per heavy atom. The van der Waals surface area contributed by atoms with Gasteiger partial charge >= 0.3 is 11.9 Å². The average molecular weight is 1050 g/mol. The molecule has 1 amide bonds. The first-order valence-corrected chi connectivity index (χ1v) is 26.4. The zero-order valence-electron chi connectivity index (χ0n) is 45.7. The molecule has 3 heterocycles. The summed E-state index contributed by atoms with van der Waals surface area (Å²) in [5.74, 6) is -10.0. The maximum atomic E-state index is 14.5. The van der Waals surface area contributed by atoms with Gasteiger partial charge in [-0.15, -0.1) is 0 Å². The highest BCUT2D eigenvalue weighted by atomic mass is 16.6. The van der Waals surface area contributed by atoms with E-state index in [0.717, 1.165) is 10.5 Å². The van der Waals surface area contributed by atoms with Crippen LogP contribution in [0, 0.1) is 35.0 Å². The Bertz CT molecular complexity index is 2060. The van der Waals surface area contributed by atoms with Crippen molar-refractivity contribution in [3.05, 3.63) is 47.6 Å². The van der Waals surface area contributed by atoms with Gasteiger partial charge in [0.05, 0.1) is 37.1 Å². The molecular formula is C56H87NO17. The van der Waals surface area contributed by atoms with Gasteiger partial charge in [-0.05, 0) is 115 Å². The normalized spacial score (nSPS) is 38.1. The number of cyclic esters (lactones) is 1. The minimum absolute atomic E-state index is 0.00808. The fourth-order valence-electron chi connectivity index (χ4n) is 10.7. The van der Waals surface area contributed by atoms with Gasteiger partial charge in [-0.2, -0.15) is 0 Å². The number of ether oxygens (including phenoxy) is 6. The molecule has 0 aromatic rings. The largest absolute Gasteiger partial charge is 0.460 e. The first-order valence-electron chi connectivity index (χ1n) is 26.4. The Morgan fingerprint density at radius 2 is 1.57 bits per heavy atom. The smallest absolute Gasteiger partial charge is 0.329 e. The summed E-state index contributed by atoms with van der Waals surface area (Å²) >= 11 is 0. The third-order valence-electron chi connectivity index (χ3n) is 15.9. The van der Waals surface area contributed by atoms with Crippen molar-refractivity contribution in [2.45, 2.75) is 193 Å². The number of hydrogen-bond donors (Lipinski definition) is 5. The number of rotatable bonds is 10. The van der Waals surface area contributed by atoms with Crippen LogP contribution in [0.2, 0.25) is 0 Å². The van der Waals surface area contributed by atoms with Gasteiger partial charge in [0.1, 0.15) is 41.7 Å². The van der Waals surface area contributed by atoms with Crippen LogP contribution < -0.4 is 0 Å². The Morgan fingerprint density at radius 1 is 0.878 bits per heavy atom. The number of nitrogens with zero attached hydrogens (tertiary/aromatic N) is 1. The lowest BCUT2D eigenvalue weighted by molar-refractivity contribution is -0.265. The van der Waals surface area contributed by atoms with Crippen molar-refractivity contribution in [1.29, 1.82) is 0 Å². The van der Waals surface area contributed by atoms with E-state index in [2.05, 4.69) is 0 Å². The summed E-state index contributed by atoms with van der Waals surface area (Å²) in [5.41, 5.74) is -1.85. The van der Waals surface area contributed by atoms with Crippen molar-refractivity contribution in [3.63, 3.8) is 0 Å². The lowest BCUT2D eigenvalue weighted by atomic mass is 9.78. The van der Waals surface area contributed by atoms with Gasteiger partial charge in [0.15, 0.2) is 5.78 Å². The molecule has 3 aliphatic heterocycles. The summed E-state index contributed by atoms with van der Waals surface area (Å²) in [4.78, 5) is 85.4. The van der Waals surface area contributed by atoms with E-state index in [1.54, 1.807) is 58.9 Å². The Hall–Kier alpha value is -3.98. The van der Waals surface area contributed by atoms with E-state index in [4.69, 9.17) is 28.4 Å². The molecule has 1 aliphatic carbocycles. The number of methoxy groups -OCH3 is 3. The molecule has 418 valence electrons. The molecular weight excluding hydrogens is 959 g/mol. The summed E-state index contributed by atoms with van der Waals surface area (Å²) in [5, 5.41) is 54.4. The minimum Gasteiger partial charge on any atom is -0.460 e. The third kappa shape index (κ3) is 16.0. The molecule has 0 aromatic heterocycles. The number of amides is 1. The molecule has 0 unspecified atom stereocenters. The number of esters is 2. The van der Waals surface area contributed by atoms with Crippen LogP contribution in [0.1, 0.15) is 132 Å². The molecule has 4 rings (SSSR count). The van der Waals surface area contributed by atoms with Crippen LogP contribution in [-0.4, -0.2) is 167 Å². The third-order valence-corrected chi connectivity index (χ3v) is 15.9. The molecule has 74 heavy (non-hydrogen) atoms. The van der Waals surface area contributed by atoms with Crippen molar-refractivity contribution in [2.75, 3.05) is 41.1 Å². The minimum atomic E-state index is -2.50. The second-order valence-electron chi connectivity index (χ2n) is 22.2. The molecule has 2 bridgehead atoms. The van der Waals surface area contributed by atoms with Crippen molar-refractivity contribution < 1.29 is 82.7 Å². The number of ketones is 3. The Labute approximate surface area is 437 Å². The quantitative estimate of drug-likeness (QED) is 0.111. The SMILES string of the molecule is CO[C@H]1C[C@@H]2CC[C@@H](C)[C@@](O)(O2)C(=O)C(=O)N2CCCC[C@H]2C(=O)O[C@H]([C@H](C)C[C@@H]2CC[C@@H](OC(=O)C(C)(CO)CO)[C@H](OC)C2)CC(=O)[C@H](C)/C=C(\C)[C@@H](O)[C@@H](OC)C(=O)[C@H](C)C[C@@](C)(O)/C=C/C=C/C=C/1C. The van der Waals surface area contributed by atoms with Gasteiger partial charge in [-0.1, -0.05) is 64.2 Å². The molecule has 2 saturated heterocycles. The number of aliphatic hydroxyl groups excluding tert-OH is 3. The van der Waals surface area contributed by atoms with E-state index < -0.39 is 132 Å². The summed E-state index contributed by atoms with van der Waals surface area (Å²) in [6.07, 6.45) is 7.63. The van der Waals surface area contributed by atoms with Crippen LogP contribution >= 0.6 is 0 Å². The molecule has 0 radical (unpaired) electrons. The van der Waals surface area contributed by atoms with Crippen molar-refractivity contribution in [3.8, 4) is 0 Å². The zero-order valence-corrected chi connectivity index (χ0v) is 45.7. The second kappa shape index (κ2) is 27.9. The molecule has 1 saturated carbocycles. The predicted molar refractivity (Wildman–Crippen MR) is 273 cm³/mol. The van der Waals surface area contributed by atoms with Gasteiger partial charge in [-0.25, -0.2) is 4.79 Å². The molecule has 18 nitrogen and oxygen atoms in total. The number of allylic oxidation sites excluding steroid dienone is 5. The summed E-state index contributed by atoms with van der Waals surface area (Å²) in [7, 11) is 4.33. The maximum absolute atomic E-state index is 14.5. The van der Waals surface area contributed by atoms with E-state index >= 15 is 0 Å². The number of carbonyl (C=O) groups excluding carboxylic acids is 6. The van der Waals surface area contributed by atoms with Crippen LogP contribution in [-0.2, 0) is 57.2 Å². The van der Waals surface area contributed by atoms with Crippen LogP contribution in [0.4, 0.5) is 0 Å². The van der Waals surface area contributed by atoms with Crippen molar-refractivity contribution in [2.24, 2.45) is 35.0 Å². The van der Waals surface area contributed by atoms with Crippen LogP contribution in [0.25, 0.3) is 0 Å². The summed E-state index contributed by atoms with van der Waals surface area (Å²) in [6, 6.07) is -1.22. The van der Waals surface area contributed by atoms with E-state index in [1.165, 1.54) is 34.3 Å². The van der Waals surface area contributed by atoms with Gasteiger partial charge in [0.25, 0.3) is 11.7 Å². The number of Topliss-reactive ketones (excluding diaryl/α,β-unsaturated/α-hetero) is 3. The molecule has 5 N–H and O–H groups in total. The predicted octanol–water partition coefficient (Wildman–Crippen LogP) is 4.84. The molecule has 15 atom stereocenters. The standard InChI is InChI=1S/C56H87NO17/c1-33-17-13-12-15-23-55(8,67)30-37(5)48(62)49(71-11)47(61)36(4)25-34(2)42(60)29-45(35(3)26-39-20-22-43(46(27-39)70-10)73-53(66)54(7,31-58)32-59)72-52(65)41-18-14-16-24-57(41)51(64)50(63)56(68)38(6)19-21-40(74-56)28-44(33)69-9/h12-13,15,17,23,25,34-35,37-41,43-47,49,58-59,61,67-68H,14,16,18-22,24,26-32H2,1-11H3/b13-12+,23-15+,33-17+,36-25+/t34-,35-,37-,38-,39+,40+,41+,43-,44+,45+,46-,47-,49-,55+,56-/m1/s1. The highest BCUT2D eigenvalue weighted by molar-refractivity contribution is 6.39. The summed E-state index contributed by atoms with van der Waals surface area (Å²) < 4.78 is 35.3. The highest BCUT2D eigenvalue weighted by Crippen LogP contribution is 2.38. The van der Waals surface area contributed by atoms with E-state index in [0.29, 0.717) is 51.4 Å². The maximum Gasteiger partial charge on any atom is 0.329 e. The van der Waals surface area contributed by atoms with Gasteiger partial charge in [-0.3, -0.25) is 24.0 Å². The Balaban J connectivity index is 1.71. The first kappa shape index (κ1) is 62.6. The highest BCUT2D eigenvalue weighted by Gasteiger charge is 2.53. The number of carbonyl (C=O) groups is 6. The fraction of sp³-hybridized carbons (Fsp3) is 0.750. The lowest BCUT2D eigenvalue weighted by Gasteiger charge is -2.42. The van der Waals surface area contributed by atoms with E-state index in [9.17, 15) is 54.3 Å². The van der Waals surface area contributed by atoms with E-state index in [-0.39, 0.29) is 49.5 Å². The molecule has 0 spiro atoms.